The molecular weight excluding hydrogens is 362 g/mol. The number of carbonyl (C=O) groups excluding carboxylic acids is 1. The molecule has 1 fully saturated rings. The highest BCUT2D eigenvalue weighted by Gasteiger charge is 2.20. The second-order valence-electron chi connectivity index (χ2n) is 6.89. The predicted octanol–water partition coefficient (Wildman–Crippen LogP) is 3.51. The van der Waals surface area contributed by atoms with Crippen LogP contribution in [-0.2, 0) is 13.0 Å². The molecule has 5 nitrogen and oxygen atoms in total. The van der Waals surface area contributed by atoms with Crippen LogP contribution in [0.4, 0.5) is 4.79 Å². The van der Waals surface area contributed by atoms with E-state index in [1.165, 1.54) is 5.56 Å². The van der Waals surface area contributed by atoms with Crippen molar-refractivity contribution < 1.29 is 9.90 Å². The summed E-state index contributed by atoms with van der Waals surface area (Å²) in [6.45, 7) is 4.80. The predicted molar refractivity (Wildman–Crippen MR) is 108 cm³/mol. The van der Waals surface area contributed by atoms with Crippen LogP contribution in [-0.4, -0.2) is 53.7 Å². The van der Waals surface area contributed by atoms with Crippen LogP contribution in [0.25, 0.3) is 0 Å². The van der Waals surface area contributed by atoms with Gasteiger partial charge < -0.3 is 15.3 Å². The van der Waals surface area contributed by atoms with Gasteiger partial charge in [0.25, 0.3) is 0 Å². The van der Waals surface area contributed by atoms with Crippen LogP contribution < -0.4 is 5.32 Å². The molecule has 0 unspecified atom stereocenters. The molecule has 2 aromatic rings. The van der Waals surface area contributed by atoms with E-state index in [0.717, 1.165) is 56.2 Å². The average Bonchev–Trinajstić information content (AvgIpc) is 2.69. The molecule has 0 aromatic heterocycles. The van der Waals surface area contributed by atoms with Crippen molar-refractivity contribution >= 4 is 17.6 Å². The summed E-state index contributed by atoms with van der Waals surface area (Å²) < 4.78 is 0. The Labute approximate surface area is 165 Å². The van der Waals surface area contributed by atoms with Gasteiger partial charge in [0.15, 0.2) is 0 Å². The number of urea groups is 1. The van der Waals surface area contributed by atoms with E-state index >= 15 is 0 Å². The number of carbonyl (C=O) groups is 1. The van der Waals surface area contributed by atoms with Gasteiger partial charge in [-0.3, -0.25) is 4.90 Å². The molecule has 0 saturated carbocycles. The fourth-order valence-electron chi connectivity index (χ4n) is 3.22. The lowest BCUT2D eigenvalue weighted by molar-refractivity contribution is 0.135. The summed E-state index contributed by atoms with van der Waals surface area (Å²) >= 11 is 5.93. The van der Waals surface area contributed by atoms with Crippen LogP contribution in [0.5, 0.6) is 5.75 Å². The van der Waals surface area contributed by atoms with E-state index < -0.39 is 0 Å². The Morgan fingerprint density at radius 2 is 1.59 bits per heavy atom. The standard InChI is InChI=1S/C21H26ClN3O2/c22-19-7-3-18(4-8-19)16-24-12-14-25(15-13-24)21(27)23-11-1-2-17-5-9-20(26)10-6-17/h3-10,26H,1-2,11-16H2,(H,23,27). The van der Waals surface area contributed by atoms with E-state index in [9.17, 15) is 9.90 Å². The number of nitrogens with one attached hydrogen (secondary N) is 1. The van der Waals surface area contributed by atoms with Crippen molar-refractivity contribution in [1.29, 1.82) is 0 Å². The van der Waals surface area contributed by atoms with Crippen molar-refractivity contribution in [2.24, 2.45) is 0 Å². The maximum Gasteiger partial charge on any atom is 0.317 e. The van der Waals surface area contributed by atoms with Crippen LogP contribution in [0.3, 0.4) is 0 Å². The highest BCUT2D eigenvalue weighted by atomic mass is 35.5. The highest BCUT2D eigenvalue weighted by molar-refractivity contribution is 6.30. The number of halogens is 1. The number of aromatic hydroxyl groups is 1. The molecule has 6 heteroatoms. The fourth-order valence-corrected chi connectivity index (χ4v) is 3.35. The smallest absolute Gasteiger partial charge is 0.317 e. The highest BCUT2D eigenvalue weighted by Crippen LogP contribution is 2.13. The van der Waals surface area contributed by atoms with E-state index in [0.29, 0.717) is 6.54 Å². The molecule has 27 heavy (non-hydrogen) atoms. The summed E-state index contributed by atoms with van der Waals surface area (Å²) in [6.07, 6.45) is 1.77. The van der Waals surface area contributed by atoms with Crippen molar-refractivity contribution in [3.63, 3.8) is 0 Å². The van der Waals surface area contributed by atoms with Crippen LogP contribution in [0.2, 0.25) is 5.02 Å². The first-order chi connectivity index (χ1) is 13.1. The molecule has 1 saturated heterocycles. The number of phenols is 1. The van der Waals surface area contributed by atoms with Crippen molar-refractivity contribution in [2.75, 3.05) is 32.7 Å². The third-order valence-corrected chi connectivity index (χ3v) is 5.09. The number of aryl methyl sites for hydroxylation is 1. The molecule has 1 aliphatic heterocycles. The molecule has 0 spiro atoms. The maximum atomic E-state index is 12.3. The zero-order valence-electron chi connectivity index (χ0n) is 15.4. The van der Waals surface area contributed by atoms with Gasteiger partial charge in [0, 0.05) is 44.3 Å². The normalized spacial score (nSPS) is 14.9. The van der Waals surface area contributed by atoms with Crippen LogP contribution in [0.1, 0.15) is 17.5 Å². The molecule has 144 valence electrons. The molecular formula is C21H26ClN3O2. The van der Waals surface area contributed by atoms with Crippen LogP contribution in [0, 0.1) is 0 Å². The third kappa shape index (κ3) is 6.15. The monoisotopic (exact) mass is 387 g/mol. The zero-order chi connectivity index (χ0) is 19.1. The molecule has 1 heterocycles. The molecule has 2 amide bonds. The average molecular weight is 388 g/mol. The van der Waals surface area contributed by atoms with Gasteiger partial charge in [-0.25, -0.2) is 4.79 Å². The van der Waals surface area contributed by atoms with Gasteiger partial charge >= 0.3 is 6.03 Å². The lowest BCUT2D eigenvalue weighted by Gasteiger charge is -2.34. The fraction of sp³-hybridized carbons (Fsp3) is 0.381. The van der Waals surface area contributed by atoms with E-state index in [-0.39, 0.29) is 11.8 Å². The van der Waals surface area contributed by atoms with Crippen LogP contribution in [0.15, 0.2) is 48.5 Å². The van der Waals surface area contributed by atoms with Crippen molar-refractivity contribution in [2.45, 2.75) is 19.4 Å². The molecule has 2 N–H and O–H groups in total. The number of rotatable bonds is 6. The quantitative estimate of drug-likeness (QED) is 0.746. The Morgan fingerprint density at radius 3 is 2.26 bits per heavy atom. The Bertz CT molecular complexity index is 726. The molecule has 1 aliphatic rings. The van der Waals surface area contributed by atoms with Gasteiger partial charge in [0.05, 0.1) is 0 Å². The Morgan fingerprint density at radius 1 is 0.963 bits per heavy atom. The first-order valence-electron chi connectivity index (χ1n) is 9.37. The summed E-state index contributed by atoms with van der Waals surface area (Å²) in [5, 5.41) is 13.1. The minimum absolute atomic E-state index is 0.0202. The summed E-state index contributed by atoms with van der Waals surface area (Å²) in [5.74, 6) is 0.280. The topological polar surface area (TPSA) is 55.8 Å². The molecule has 0 radical (unpaired) electrons. The number of amides is 2. The number of piperazine rings is 1. The van der Waals surface area contributed by atoms with E-state index in [1.807, 2.05) is 29.2 Å². The lowest BCUT2D eigenvalue weighted by atomic mass is 10.1. The second-order valence-corrected chi connectivity index (χ2v) is 7.33. The van der Waals surface area contributed by atoms with Crippen molar-refractivity contribution in [3.8, 4) is 5.75 Å². The van der Waals surface area contributed by atoms with E-state index in [1.54, 1.807) is 12.1 Å². The number of hydrogen-bond donors (Lipinski definition) is 2. The van der Waals surface area contributed by atoms with Gasteiger partial charge in [-0.2, -0.15) is 0 Å². The minimum atomic E-state index is 0.0202. The van der Waals surface area contributed by atoms with E-state index in [4.69, 9.17) is 11.6 Å². The number of hydrogen-bond acceptors (Lipinski definition) is 3. The number of phenolic OH excluding ortho intramolecular Hbond substituents is 1. The Balaban J connectivity index is 1.33. The minimum Gasteiger partial charge on any atom is -0.508 e. The second kappa shape index (κ2) is 9.62. The maximum absolute atomic E-state index is 12.3. The lowest BCUT2D eigenvalue weighted by Crippen LogP contribution is -2.51. The molecule has 0 aliphatic carbocycles. The van der Waals surface area contributed by atoms with Crippen molar-refractivity contribution in [3.05, 3.63) is 64.7 Å². The van der Waals surface area contributed by atoms with Gasteiger partial charge in [0.2, 0.25) is 0 Å². The first kappa shape index (κ1) is 19.5. The zero-order valence-corrected chi connectivity index (χ0v) is 16.2. The van der Waals surface area contributed by atoms with Gasteiger partial charge in [-0.05, 0) is 48.2 Å². The summed E-state index contributed by atoms with van der Waals surface area (Å²) in [7, 11) is 0. The molecule has 3 rings (SSSR count). The van der Waals surface area contributed by atoms with Gasteiger partial charge in [-0.15, -0.1) is 0 Å². The third-order valence-electron chi connectivity index (χ3n) is 4.83. The van der Waals surface area contributed by atoms with E-state index in [2.05, 4.69) is 22.3 Å². The van der Waals surface area contributed by atoms with Gasteiger partial charge in [0.1, 0.15) is 5.75 Å². The largest absolute Gasteiger partial charge is 0.508 e. The van der Waals surface area contributed by atoms with Crippen LogP contribution >= 0.6 is 11.6 Å². The summed E-state index contributed by atoms with van der Waals surface area (Å²) in [4.78, 5) is 16.6. The van der Waals surface area contributed by atoms with Gasteiger partial charge in [-0.1, -0.05) is 35.9 Å². The number of benzene rings is 2. The molecule has 0 bridgehead atoms. The Kier molecular flexibility index (Phi) is 6.96. The molecule has 0 atom stereocenters. The number of nitrogens with zero attached hydrogens (tertiary/aromatic N) is 2. The molecule has 2 aromatic carbocycles. The Hall–Kier alpha value is -2.24. The SMILES string of the molecule is O=C(NCCCc1ccc(O)cc1)N1CCN(Cc2ccc(Cl)cc2)CC1. The summed E-state index contributed by atoms with van der Waals surface area (Å²) in [6, 6.07) is 15.2. The van der Waals surface area contributed by atoms with Crippen molar-refractivity contribution in [1.82, 2.24) is 15.1 Å². The first-order valence-corrected chi connectivity index (χ1v) is 9.75. The summed E-state index contributed by atoms with van der Waals surface area (Å²) in [5.41, 5.74) is 2.41.